The third kappa shape index (κ3) is 12.0. The van der Waals surface area contributed by atoms with Crippen molar-refractivity contribution in [1.82, 2.24) is 0 Å². The Morgan fingerprint density at radius 3 is 1.10 bits per heavy atom. The Balaban J connectivity index is 1.50. The van der Waals surface area contributed by atoms with Crippen molar-refractivity contribution in [1.29, 1.82) is 0 Å². The minimum atomic E-state index is 0.674. The maximum atomic E-state index is 6.61. The van der Waals surface area contributed by atoms with Crippen LogP contribution in [0.1, 0.15) is 139 Å². The lowest BCUT2D eigenvalue weighted by atomic mass is 9.91. The Kier molecular flexibility index (Phi) is 16.5. The molecule has 52 heavy (non-hydrogen) atoms. The first-order valence-corrected chi connectivity index (χ1v) is 20.2. The van der Waals surface area contributed by atoms with Crippen LogP contribution < -0.4 is 9.47 Å². The Hall–Kier alpha value is -4.66. The lowest BCUT2D eigenvalue weighted by Crippen LogP contribution is -2.04. The van der Waals surface area contributed by atoms with Gasteiger partial charge in [0.1, 0.15) is 0 Å². The van der Waals surface area contributed by atoms with E-state index in [9.17, 15) is 0 Å². The smallest absolute Gasteiger partial charge is 0.161 e. The molecular formula is C50H58O2. The van der Waals surface area contributed by atoms with Gasteiger partial charge in [-0.1, -0.05) is 188 Å². The highest BCUT2D eigenvalue weighted by atomic mass is 16.5. The number of benzene rings is 5. The summed E-state index contributed by atoms with van der Waals surface area (Å²) >= 11 is 0. The second-order valence-electron chi connectivity index (χ2n) is 14.0. The fourth-order valence-electron chi connectivity index (χ4n) is 6.83. The van der Waals surface area contributed by atoms with Crippen molar-refractivity contribution in [3.63, 3.8) is 0 Å². The van der Waals surface area contributed by atoms with E-state index in [2.05, 4.69) is 98.2 Å². The molecule has 0 bridgehead atoms. The normalized spacial score (nSPS) is 10.8. The van der Waals surface area contributed by atoms with E-state index in [-0.39, 0.29) is 0 Å². The van der Waals surface area contributed by atoms with E-state index >= 15 is 0 Å². The van der Waals surface area contributed by atoms with Crippen molar-refractivity contribution in [2.75, 3.05) is 13.2 Å². The molecule has 0 atom stereocenters. The zero-order valence-corrected chi connectivity index (χ0v) is 31.8. The van der Waals surface area contributed by atoms with Gasteiger partial charge < -0.3 is 9.47 Å². The van der Waals surface area contributed by atoms with Gasteiger partial charge in [0.15, 0.2) is 11.5 Å². The number of unbranched alkanes of at least 4 members (excludes halogenated alkanes) is 14. The van der Waals surface area contributed by atoms with Gasteiger partial charge in [0.2, 0.25) is 0 Å². The van der Waals surface area contributed by atoms with Gasteiger partial charge in [0, 0.05) is 33.0 Å². The van der Waals surface area contributed by atoms with Crippen LogP contribution in [0, 0.1) is 23.7 Å². The predicted molar refractivity (Wildman–Crippen MR) is 223 cm³/mol. The van der Waals surface area contributed by atoms with Gasteiger partial charge in [-0.2, -0.15) is 0 Å². The highest BCUT2D eigenvalue weighted by Crippen LogP contribution is 2.40. The van der Waals surface area contributed by atoms with Crippen LogP contribution in [0.2, 0.25) is 0 Å². The average molecular weight is 691 g/mol. The Morgan fingerprint density at radius 1 is 0.365 bits per heavy atom. The summed E-state index contributed by atoms with van der Waals surface area (Å²) in [6.07, 6.45) is 20.3. The number of fused-ring (bicyclic) bond motifs is 2. The number of ether oxygens (including phenoxy) is 2. The van der Waals surface area contributed by atoms with E-state index in [4.69, 9.17) is 9.47 Å². The third-order valence-corrected chi connectivity index (χ3v) is 9.81. The van der Waals surface area contributed by atoms with E-state index in [1.807, 2.05) is 36.4 Å². The van der Waals surface area contributed by atoms with Crippen LogP contribution in [0.15, 0.2) is 97.1 Å². The molecule has 0 unspecified atom stereocenters. The Bertz CT molecular complexity index is 1780. The van der Waals surface area contributed by atoms with Gasteiger partial charge in [0.25, 0.3) is 0 Å². The number of hydrogen-bond donors (Lipinski definition) is 0. The van der Waals surface area contributed by atoms with Crippen LogP contribution >= 0.6 is 0 Å². The fourth-order valence-corrected chi connectivity index (χ4v) is 6.83. The molecule has 2 heteroatoms. The van der Waals surface area contributed by atoms with Gasteiger partial charge in [-0.25, -0.2) is 0 Å². The maximum absolute atomic E-state index is 6.61. The highest BCUT2D eigenvalue weighted by Gasteiger charge is 2.17. The van der Waals surface area contributed by atoms with Gasteiger partial charge in [-0.05, 0) is 60.0 Å². The van der Waals surface area contributed by atoms with Crippen molar-refractivity contribution in [2.24, 2.45) is 0 Å². The fraction of sp³-hybridized carbons (Fsp3) is 0.400. The quantitative estimate of drug-likeness (QED) is 0.0460. The molecule has 0 aliphatic carbocycles. The van der Waals surface area contributed by atoms with E-state index in [1.54, 1.807) is 0 Å². The van der Waals surface area contributed by atoms with E-state index < -0.39 is 0 Å². The molecule has 2 nitrogen and oxygen atoms in total. The summed E-state index contributed by atoms with van der Waals surface area (Å²) in [5, 5.41) is 4.28. The molecule has 0 saturated carbocycles. The minimum Gasteiger partial charge on any atom is -0.490 e. The van der Waals surface area contributed by atoms with Gasteiger partial charge in [0.05, 0.1) is 13.2 Å². The van der Waals surface area contributed by atoms with Crippen molar-refractivity contribution in [3.8, 4) is 35.2 Å². The molecule has 0 saturated heterocycles. The number of hydrogen-bond acceptors (Lipinski definition) is 2. The largest absolute Gasteiger partial charge is 0.490 e. The molecule has 5 aromatic rings. The van der Waals surface area contributed by atoms with Gasteiger partial charge in [-0.3, -0.25) is 0 Å². The van der Waals surface area contributed by atoms with Crippen LogP contribution in [-0.4, -0.2) is 13.2 Å². The summed E-state index contributed by atoms with van der Waals surface area (Å²) in [7, 11) is 0. The molecule has 0 aromatic heterocycles. The molecule has 5 rings (SSSR count). The topological polar surface area (TPSA) is 18.5 Å². The van der Waals surface area contributed by atoms with Crippen molar-refractivity contribution in [3.05, 3.63) is 119 Å². The van der Waals surface area contributed by atoms with Crippen LogP contribution in [0.4, 0.5) is 0 Å². The first kappa shape index (κ1) is 38.6. The second kappa shape index (κ2) is 22.3. The molecule has 0 fully saturated rings. The lowest BCUT2D eigenvalue weighted by Gasteiger charge is -2.17. The summed E-state index contributed by atoms with van der Waals surface area (Å²) in [6.45, 7) is 5.90. The van der Waals surface area contributed by atoms with Crippen LogP contribution in [0.5, 0.6) is 11.5 Å². The molecule has 0 amide bonds. The predicted octanol–water partition coefficient (Wildman–Crippen LogP) is 13.8. The summed E-state index contributed by atoms with van der Waals surface area (Å²) in [5.41, 5.74) is 3.96. The Morgan fingerprint density at radius 2 is 0.712 bits per heavy atom. The summed E-state index contributed by atoms with van der Waals surface area (Å²) in [5.74, 6) is 15.7. The van der Waals surface area contributed by atoms with E-state index in [0.29, 0.717) is 13.2 Å². The van der Waals surface area contributed by atoms with Crippen LogP contribution in [0.3, 0.4) is 0 Å². The van der Waals surface area contributed by atoms with Crippen molar-refractivity contribution >= 4 is 21.5 Å². The third-order valence-electron chi connectivity index (χ3n) is 9.81. The summed E-state index contributed by atoms with van der Waals surface area (Å²) in [4.78, 5) is 0. The van der Waals surface area contributed by atoms with E-state index in [0.717, 1.165) is 68.1 Å². The molecule has 0 spiro atoms. The zero-order chi connectivity index (χ0) is 36.1. The van der Waals surface area contributed by atoms with Gasteiger partial charge >= 0.3 is 0 Å². The molecule has 0 aliphatic heterocycles. The zero-order valence-electron chi connectivity index (χ0n) is 31.8. The van der Waals surface area contributed by atoms with Crippen molar-refractivity contribution < 1.29 is 9.47 Å². The molecule has 0 radical (unpaired) electrons. The molecule has 0 heterocycles. The second-order valence-corrected chi connectivity index (χ2v) is 14.0. The minimum absolute atomic E-state index is 0.674. The Labute approximate surface area is 314 Å². The number of rotatable bonds is 20. The average Bonchev–Trinajstić information content (AvgIpc) is 3.18. The van der Waals surface area contributed by atoms with Crippen molar-refractivity contribution in [2.45, 2.75) is 117 Å². The van der Waals surface area contributed by atoms with Crippen LogP contribution in [0.25, 0.3) is 21.5 Å². The molecule has 5 aromatic carbocycles. The maximum Gasteiger partial charge on any atom is 0.161 e. The summed E-state index contributed by atoms with van der Waals surface area (Å²) in [6, 6.07) is 33.3. The molecule has 0 aliphatic rings. The molecule has 0 N–H and O–H groups in total. The summed E-state index contributed by atoms with van der Waals surface area (Å²) < 4.78 is 13.2. The molecule has 270 valence electrons. The highest BCUT2D eigenvalue weighted by molar-refractivity contribution is 6.10. The molecular weight excluding hydrogens is 633 g/mol. The standard InChI is InChI=1S/C50H58O2/c1-3-5-7-9-11-13-15-25-37-51-49-39-47-45(35-33-41-27-19-17-20-28-41)43-31-23-24-32-44(43)46(36-34-42-29-21-18-22-30-42)48(47)40-50(49)52-38-26-16-14-12-10-8-6-4-2/h17-24,27-32,39-40H,3-16,25-26,37-38H2,1-2H3. The van der Waals surface area contributed by atoms with E-state index in [1.165, 1.54) is 89.9 Å². The first-order valence-electron chi connectivity index (χ1n) is 20.2. The lowest BCUT2D eigenvalue weighted by molar-refractivity contribution is 0.259. The van der Waals surface area contributed by atoms with Gasteiger partial charge in [-0.15, -0.1) is 0 Å². The SMILES string of the molecule is CCCCCCCCCCOc1cc2c(C#Cc3ccccc3)c3ccccc3c(C#Cc3ccccc3)c2cc1OCCCCCCCCCC. The monoisotopic (exact) mass is 690 g/mol. The first-order chi connectivity index (χ1) is 25.8. The van der Waals surface area contributed by atoms with Crippen LogP contribution in [-0.2, 0) is 0 Å².